The van der Waals surface area contributed by atoms with Crippen molar-refractivity contribution in [1.29, 1.82) is 0 Å². The van der Waals surface area contributed by atoms with Gasteiger partial charge in [0.05, 0.1) is 0 Å². The molecule has 0 unspecified atom stereocenters. The van der Waals surface area contributed by atoms with Crippen molar-refractivity contribution in [2.24, 2.45) is 0 Å². The Kier molecular flexibility index (Phi) is 2.37. The fourth-order valence-corrected chi connectivity index (χ4v) is 1.72. The van der Waals surface area contributed by atoms with Gasteiger partial charge < -0.3 is 0 Å². The summed E-state index contributed by atoms with van der Waals surface area (Å²) in [6.07, 6.45) is 0. The van der Waals surface area contributed by atoms with E-state index in [0.29, 0.717) is 5.15 Å². The Bertz CT molecular complexity index is 427. The summed E-state index contributed by atoms with van der Waals surface area (Å²) in [6, 6.07) is 3.49. The van der Waals surface area contributed by atoms with Crippen LogP contribution in [0.3, 0.4) is 0 Å². The number of nitrogens with zero attached hydrogens (tertiary/aromatic N) is 4. The first-order valence-corrected chi connectivity index (χ1v) is 5.18. The average Bonchev–Trinajstić information content (AvgIpc) is 2.49. The molecule has 0 fully saturated rings. The van der Waals surface area contributed by atoms with E-state index < -0.39 is 0 Å². The largest absolute Gasteiger partial charge is 0.212 e. The molecule has 2 heterocycles. The third-order valence-corrected chi connectivity index (χ3v) is 2.48. The topological polar surface area (TPSA) is 43.1 Å². The van der Waals surface area contributed by atoms with Crippen LogP contribution < -0.4 is 0 Å². The highest BCUT2D eigenvalue weighted by atomic mass is 35.5. The molecule has 0 atom stereocenters. The van der Waals surface area contributed by atoms with Gasteiger partial charge in [-0.2, -0.15) is 9.61 Å². The van der Waals surface area contributed by atoms with Crippen molar-refractivity contribution in [3.05, 3.63) is 17.3 Å². The van der Waals surface area contributed by atoms with Crippen molar-refractivity contribution in [2.75, 3.05) is 5.75 Å². The second-order valence-electron chi connectivity index (χ2n) is 2.34. The monoisotopic (exact) mass is 214 g/mol. The molecule has 68 valence electrons. The maximum absolute atomic E-state index is 5.75. The first-order chi connectivity index (χ1) is 6.31. The number of fused-ring (bicyclic) bond motifs is 1. The van der Waals surface area contributed by atoms with Crippen molar-refractivity contribution in [3.8, 4) is 0 Å². The molecule has 0 saturated heterocycles. The summed E-state index contributed by atoms with van der Waals surface area (Å²) < 4.78 is 1.65. The van der Waals surface area contributed by atoms with Gasteiger partial charge >= 0.3 is 0 Å². The van der Waals surface area contributed by atoms with E-state index in [0.717, 1.165) is 16.6 Å². The van der Waals surface area contributed by atoms with E-state index in [2.05, 4.69) is 22.2 Å². The number of thioether (sulfide) groups is 1. The van der Waals surface area contributed by atoms with Crippen LogP contribution in [-0.4, -0.2) is 25.6 Å². The Hall–Kier alpha value is -0.810. The molecule has 0 amide bonds. The van der Waals surface area contributed by atoms with Crippen LogP contribution in [-0.2, 0) is 0 Å². The van der Waals surface area contributed by atoms with E-state index in [4.69, 9.17) is 11.6 Å². The molecule has 0 saturated carbocycles. The quantitative estimate of drug-likeness (QED) is 0.717. The molecule has 13 heavy (non-hydrogen) atoms. The molecule has 4 nitrogen and oxygen atoms in total. The van der Waals surface area contributed by atoms with Crippen LogP contribution in [0, 0.1) is 0 Å². The molecule has 6 heteroatoms. The van der Waals surface area contributed by atoms with Crippen molar-refractivity contribution in [1.82, 2.24) is 19.8 Å². The Balaban J connectivity index is 2.58. The van der Waals surface area contributed by atoms with Gasteiger partial charge in [-0.15, -0.1) is 10.2 Å². The summed E-state index contributed by atoms with van der Waals surface area (Å²) in [7, 11) is 0. The molecule has 0 aliphatic carbocycles. The van der Waals surface area contributed by atoms with E-state index in [1.807, 2.05) is 0 Å². The van der Waals surface area contributed by atoms with Gasteiger partial charge in [-0.3, -0.25) is 0 Å². The van der Waals surface area contributed by atoms with Gasteiger partial charge in [0, 0.05) is 0 Å². The zero-order valence-corrected chi connectivity index (χ0v) is 8.51. The summed E-state index contributed by atoms with van der Waals surface area (Å²) in [5.41, 5.74) is 0.723. The molecule has 0 aliphatic heterocycles. The van der Waals surface area contributed by atoms with Gasteiger partial charge in [-0.25, -0.2) is 0 Å². The predicted octanol–water partition coefficient (Wildman–Crippen LogP) is 1.89. The maximum Gasteiger partial charge on any atom is 0.212 e. The number of aromatic nitrogens is 4. The first-order valence-electron chi connectivity index (χ1n) is 3.82. The van der Waals surface area contributed by atoms with Crippen LogP contribution in [0.5, 0.6) is 0 Å². The molecule has 0 bridgehead atoms. The van der Waals surface area contributed by atoms with Gasteiger partial charge in [-0.1, -0.05) is 30.3 Å². The molecule has 0 N–H and O–H groups in total. The van der Waals surface area contributed by atoms with Gasteiger partial charge in [-0.05, 0) is 17.9 Å². The molecular formula is C7H7ClN4S. The number of rotatable bonds is 2. The average molecular weight is 215 g/mol. The molecule has 2 aromatic heterocycles. The van der Waals surface area contributed by atoms with Crippen molar-refractivity contribution >= 4 is 29.0 Å². The van der Waals surface area contributed by atoms with Crippen LogP contribution in [0.25, 0.3) is 5.65 Å². The summed E-state index contributed by atoms with van der Waals surface area (Å²) in [5.74, 6) is 0.939. The van der Waals surface area contributed by atoms with E-state index in [9.17, 15) is 0 Å². The smallest absolute Gasteiger partial charge is 0.186 e. The molecule has 0 radical (unpaired) electrons. The Morgan fingerprint density at radius 3 is 3.08 bits per heavy atom. The Morgan fingerprint density at radius 1 is 1.46 bits per heavy atom. The van der Waals surface area contributed by atoms with Crippen molar-refractivity contribution in [2.45, 2.75) is 12.1 Å². The lowest BCUT2D eigenvalue weighted by Crippen LogP contribution is -1.93. The summed E-state index contributed by atoms with van der Waals surface area (Å²) >= 11 is 7.34. The SMILES string of the molecule is CCSc1nnc2ccc(Cl)nn12. The zero-order chi connectivity index (χ0) is 9.26. The van der Waals surface area contributed by atoms with E-state index >= 15 is 0 Å². The second kappa shape index (κ2) is 3.51. The first kappa shape index (κ1) is 8.77. The zero-order valence-electron chi connectivity index (χ0n) is 6.94. The van der Waals surface area contributed by atoms with Gasteiger partial charge in [0.25, 0.3) is 0 Å². The van der Waals surface area contributed by atoms with E-state index in [-0.39, 0.29) is 0 Å². The lowest BCUT2D eigenvalue weighted by Gasteiger charge is -1.95. The highest BCUT2D eigenvalue weighted by Gasteiger charge is 2.05. The second-order valence-corrected chi connectivity index (χ2v) is 3.96. The Morgan fingerprint density at radius 2 is 2.31 bits per heavy atom. The van der Waals surface area contributed by atoms with Crippen LogP contribution >= 0.6 is 23.4 Å². The highest BCUT2D eigenvalue weighted by Crippen LogP contribution is 2.16. The number of halogens is 1. The van der Waals surface area contributed by atoms with Crippen LogP contribution in [0.4, 0.5) is 0 Å². The van der Waals surface area contributed by atoms with E-state index in [1.54, 1.807) is 28.4 Å². The lowest BCUT2D eigenvalue weighted by atomic mass is 10.6. The fourth-order valence-electron chi connectivity index (χ4n) is 0.966. The minimum absolute atomic E-state index is 0.449. The minimum atomic E-state index is 0.449. The van der Waals surface area contributed by atoms with E-state index in [1.165, 1.54) is 0 Å². The summed E-state index contributed by atoms with van der Waals surface area (Å²) in [4.78, 5) is 0. The minimum Gasteiger partial charge on any atom is -0.186 e. The predicted molar refractivity (Wildman–Crippen MR) is 52.2 cm³/mol. The van der Waals surface area contributed by atoms with Crippen molar-refractivity contribution in [3.63, 3.8) is 0 Å². The van der Waals surface area contributed by atoms with Crippen LogP contribution in [0.1, 0.15) is 6.92 Å². The molecule has 2 rings (SSSR count). The fraction of sp³-hybridized carbons (Fsp3) is 0.286. The highest BCUT2D eigenvalue weighted by molar-refractivity contribution is 7.99. The summed E-state index contributed by atoms with van der Waals surface area (Å²) in [5, 5.41) is 13.2. The normalized spacial score (nSPS) is 10.9. The standard InChI is InChI=1S/C7H7ClN4S/c1-2-13-7-10-9-6-4-3-5(8)11-12(6)7/h3-4H,2H2,1H3. The third kappa shape index (κ3) is 1.62. The number of hydrogen-bond acceptors (Lipinski definition) is 4. The molecule has 0 aromatic carbocycles. The molecule has 0 spiro atoms. The lowest BCUT2D eigenvalue weighted by molar-refractivity contribution is 0.809. The van der Waals surface area contributed by atoms with Gasteiger partial charge in [0.2, 0.25) is 5.16 Å². The molecule has 2 aromatic rings. The maximum atomic E-state index is 5.75. The van der Waals surface area contributed by atoms with Crippen LogP contribution in [0.2, 0.25) is 5.15 Å². The molecular weight excluding hydrogens is 208 g/mol. The third-order valence-electron chi connectivity index (χ3n) is 1.48. The van der Waals surface area contributed by atoms with Gasteiger partial charge in [0.15, 0.2) is 5.65 Å². The molecule has 0 aliphatic rings. The number of hydrogen-bond donors (Lipinski definition) is 0. The van der Waals surface area contributed by atoms with Gasteiger partial charge in [0.1, 0.15) is 5.15 Å². The van der Waals surface area contributed by atoms with Crippen LogP contribution in [0.15, 0.2) is 17.3 Å². The van der Waals surface area contributed by atoms with Crippen molar-refractivity contribution < 1.29 is 0 Å². The summed E-state index contributed by atoms with van der Waals surface area (Å²) in [6.45, 7) is 2.05. The Labute approximate surface area is 84.3 Å².